The van der Waals surface area contributed by atoms with Gasteiger partial charge in [0.15, 0.2) is 0 Å². The van der Waals surface area contributed by atoms with E-state index in [0.29, 0.717) is 31.6 Å². The van der Waals surface area contributed by atoms with Crippen molar-refractivity contribution in [3.8, 4) is 0 Å². The van der Waals surface area contributed by atoms with Crippen molar-refractivity contribution in [1.82, 2.24) is 9.21 Å². The van der Waals surface area contributed by atoms with Gasteiger partial charge in [-0.15, -0.1) is 0 Å². The van der Waals surface area contributed by atoms with E-state index in [1.807, 2.05) is 18.2 Å². The van der Waals surface area contributed by atoms with E-state index in [-0.39, 0.29) is 11.3 Å². The highest BCUT2D eigenvalue weighted by Gasteiger charge is 2.49. The molecule has 3 aromatic rings. The fraction of sp³-hybridized carbons (Fsp3) is 0.286. The van der Waals surface area contributed by atoms with E-state index < -0.39 is 39.7 Å². The van der Waals surface area contributed by atoms with Gasteiger partial charge < -0.3 is 0 Å². The van der Waals surface area contributed by atoms with Crippen LogP contribution in [0, 0.1) is 9.39 Å². The lowest BCUT2D eigenvalue weighted by Crippen LogP contribution is -2.53. The molecule has 2 fully saturated rings. The number of hydrogen-bond donors (Lipinski definition) is 0. The van der Waals surface area contributed by atoms with E-state index in [4.69, 9.17) is 0 Å². The Morgan fingerprint density at radius 1 is 0.895 bits per heavy atom. The smallest absolute Gasteiger partial charge is 0.252 e. The van der Waals surface area contributed by atoms with Crippen molar-refractivity contribution in [2.45, 2.75) is 42.8 Å². The maximum absolute atomic E-state index is 13.9. The summed E-state index contributed by atoms with van der Waals surface area (Å²) in [7, 11) is -4.20. The summed E-state index contributed by atoms with van der Waals surface area (Å²) >= 11 is 2.14. The Bertz CT molecular complexity index is 1410. The molecular weight excluding hydrogens is 620 g/mol. The minimum Gasteiger partial charge on any atom is -0.299 e. The van der Waals surface area contributed by atoms with Crippen LogP contribution in [0.3, 0.4) is 0 Å². The Balaban J connectivity index is 1.43. The monoisotopic (exact) mass is 647 g/mol. The van der Waals surface area contributed by atoms with Crippen LogP contribution in [0.1, 0.15) is 24.8 Å². The lowest BCUT2D eigenvalue weighted by Gasteiger charge is -2.39. The van der Waals surface area contributed by atoms with Crippen LogP contribution in [0.2, 0.25) is 0 Å². The van der Waals surface area contributed by atoms with Gasteiger partial charge in [-0.1, -0.05) is 30.3 Å². The molecule has 0 saturated carbocycles. The van der Waals surface area contributed by atoms with Crippen LogP contribution in [0.25, 0.3) is 0 Å². The number of benzene rings is 3. The minimum atomic E-state index is -4.20. The van der Waals surface area contributed by atoms with Crippen LogP contribution in [0.5, 0.6) is 0 Å². The van der Waals surface area contributed by atoms with Gasteiger partial charge in [-0.2, -0.15) is 4.31 Å². The van der Waals surface area contributed by atoms with Crippen molar-refractivity contribution in [2.75, 3.05) is 18.0 Å². The molecule has 1 atom stereocenters. The Labute approximate surface area is 235 Å². The summed E-state index contributed by atoms with van der Waals surface area (Å²) in [5, 5.41) is 0. The first-order valence-electron chi connectivity index (χ1n) is 12.4. The van der Waals surface area contributed by atoms with Crippen LogP contribution >= 0.6 is 22.6 Å². The number of anilines is 1. The van der Waals surface area contributed by atoms with Crippen LogP contribution in [-0.4, -0.2) is 54.6 Å². The van der Waals surface area contributed by atoms with Crippen molar-refractivity contribution >= 4 is 50.1 Å². The van der Waals surface area contributed by atoms with Crippen LogP contribution < -0.4 is 4.90 Å². The summed E-state index contributed by atoms with van der Waals surface area (Å²) < 4.78 is 43.7. The highest BCUT2D eigenvalue weighted by atomic mass is 127. The van der Waals surface area contributed by atoms with E-state index in [1.54, 1.807) is 24.3 Å². The average molecular weight is 648 g/mol. The highest BCUT2D eigenvalue weighted by Crippen LogP contribution is 2.34. The van der Waals surface area contributed by atoms with E-state index in [9.17, 15) is 22.4 Å². The zero-order valence-electron chi connectivity index (χ0n) is 20.5. The van der Waals surface area contributed by atoms with E-state index in [1.165, 1.54) is 22.0 Å². The first-order valence-corrected chi connectivity index (χ1v) is 14.9. The van der Waals surface area contributed by atoms with Crippen LogP contribution in [-0.2, 0) is 26.2 Å². The zero-order valence-corrected chi connectivity index (χ0v) is 23.5. The molecule has 10 heteroatoms. The molecule has 0 N–H and O–H groups in total. The van der Waals surface area contributed by atoms with E-state index in [0.717, 1.165) is 27.1 Å². The van der Waals surface area contributed by atoms with Crippen LogP contribution in [0.15, 0.2) is 83.8 Å². The zero-order chi connectivity index (χ0) is 26.9. The summed E-state index contributed by atoms with van der Waals surface area (Å²) in [4.78, 5) is 29.9. The van der Waals surface area contributed by atoms with Crippen molar-refractivity contribution in [2.24, 2.45) is 0 Å². The molecular formula is C28H27FIN3O4S. The van der Waals surface area contributed by atoms with Gasteiger partial charge in [0.25, 0.3) is 5.91 Å². The highest BCUT2D eigenvalue weighted by molar-refractivity contribution is 14.1. The van der Waals surface area contributed by atoms with Crippen LogP contribution in [0.4, 0.5) is 10.1 Å². The van der Waals surface area contributed by atoms with Crippen molar-refractivity contribution < 1.29 is 22.4 Å². The maximum atomic E-state index is 13.9. The number of rotatable bonds is 7. The lowest BCUT2D eigenvalue weighted by molar-refractivity contribution is -0.122. The molecule has 2 amide bonds. The van der Waals surface area contributed by atoms with Crippen molar-refractivity contribution in [3.05, 3.63) is 93.8 Å². The number of hydrogen-bond acceptors (Lipinski definition) is 5. The van der Waals surface area contributed by atoms with Gasteiger partial charge in [0, 0.05) is 29.2 Å². The number of halogens is 2. The summed E-state index contributed by atoms with van der Waals surface area (Å²) in [5.41, 5.74) is 1.59. The van der Waals surface area contributed by atoms with Crippen molar-refractivity contribution in [3.63, 3.8) is 0 Å². The van der Waals surface area contributed by atoms with E-state index >= 15 is 0 Å². The molecule has 5 rings (SSSR count). The number of sulfonamides is 1. The number of amides is 2. The SMILES string of the molecule is O=C1CC(N(C2CCN(Cc3ccccc3)CC2)S(=O)(=O)c2ccc(F)cc2)C(=O)N1c1ccc(I)cc1. The summed E-state index contributed by atoms with van der Waals surface area (Å²) in [6.07, 6.45) is 0.777. The van der Waals surface area contributed by atoms with Gasteiger partial charge in [-0.3, -0.25) is 14.5 Å². The predicted octanol–water partition coefficient (Wildman–Crippen LogP) is 4.42. The Hall–Kier alpha value is -2.67. The first-order chi connectivity index (χ1) is 18.2. The minimum absolute atomic E-state index is 0.0985. The molecule has 7 nitrogen and oxygen atoms in total. The molecule has 2 aliphatic rings. The second-order valence-electron chi connectivity index (χ2n) is 9.55. The standard InChI is InChI=1S/C28H27FIN3O4S/c29-21-6-12-25(13-7-21)38(36,37)33(24-14-16-31(17-15-24)19-20-4-2-1-3-5-20)26-18-27(34)32(28(26)35)23-10-8-22(30)9-11-23/h1-13,24,26H,14-19H2. The molecule has 2 aliphatic heterocycles. The molecule has 0 aliphatic carbocycles. The second-order valence-corrected chi connectivity index (χ2v) is 12.6. The largest absolute Gasteiger partial charge is 0.299 e. The van der Waals surface area contributed by atoms with Gasteiger partial charge in [0.1, 0.15) is 11.9 Å². The Morgan fingerprint density at radius 3 is 2.16 bits per heavy atom. The van der Waals surface area contributed by atoms with Gasteiger partial charge in [-0.25, -0.2) is 17.7 Å². The predicted molar refractivity (Wildman–Crippen MR) is 150 cm³/mol. The summed E-state index contributed by atoms with van der Waals surface area (Å²) in [5.74, 6) is -1.56. The third kappa shape index (κ3) is 5.54. The number of likely N-dealkylation sites (tertiary alicyclic amines) is 1. The molecule has 0 aromatic heterocycles. The molecule has 0 spiro atoms. The lowest BCUT2D eigenvalue weighted by atomic mass is 10.0. The quantitative estimate of drug-likeness (QED) is 0.281. The first kappa shape index (κ1) is 26.9. The molecule has 3 aromatic carbocycles. The molecule has 198 valence electrons. The van der Waals surface area contributed by atoms with Gasteiger partial charge >= 0.3 is 0 Å². The molecule has 1 unspecified atom stereocenters. The fourth-order valence-electron chi connectivity index (χ4n) is 5.20. The molecule has 2 heterocycles. The Morgan fingerprint density at radius 2 is 1.53 bits per heavy atom. The fourth-order valence-corrected chi connectivity index (χ4v) is 7.38. The third-order valence-electron chi connectivity index (χ3n) is 7.07. The van der Waals surface area contributed by atoms with E-state index in [2.05, 4.69) is 39.6 Å². The number of imide groups is 1. The summed E-state index contributed by atoms with van der Waals surface area (Å²) in [6, 6.07) is 20.0. The number of carbonyl (C=O) groups is 2. The normalized spacial score (nSPS) is 19.4. The second kappa shape index (κ2) is 11.2. The maximum Gasteiger partial charge on any atom is 0.252 e. The van der Waals surface area contributed by atoms with Crippen molar-refractivity contribution in [1.29, 1.82) is 0 Å². The molecule has 38 heavy (non-hydrogen) atoms. The third-order valence-corrected chi connectivity index (χ3v) is 9.76. The Kier molecular flexibility index (Phi) is 7.94. The average Bonchev–Trinajstić information content (AvgIpc) is 3.19. The number of nitrogens with zero attached hydrogens (tertiary/aromatic N) is 3. The molecule has 0 radical (unpaired) electrons. The van der Waals surface area contributed by atoms with Gasteiger partial charge in [0.2, 0.25) is 15.9 Å². The number of piperidine rings is 1. The summed E-state index contributed by atoms with van der Waals surface area (Å²) in [6.45, 7) is 2.04. The van der Waals surface area contributed by atoms with Gasteiger partial charge in [-0.05, 0) is 89.5 Å². The number of carbonyl (C=O) groups excluding carboxylic acids is 2. The topological polar surface area (TPSA) is 78.0 Å². The van der Waals surface area contributed by atoms with Gasteiger partial charge in [0.05, 0.1) is 17.0 Å². The molecule has 2 saturated heterocycles. The molecule has 0 bridgehead atoms.